The molecule has 0 aliphatic heterocycles. The van der Waals surface area contributed by atoms with Crippen LogP contribution in [0.2, 0.25) is 0 Å². The van der Waals surface area contributed by atoms with Gasteiger partial charge in [0.05, 0.1) is 0 Å². The molecule has 18 heavy (non-hydrogen) atoms. The number of ether oxygens (including phenoxy) is 1. The number of nitrogens with two attached hydrogens (primary N) is 1. The third kappa shape index (κ3) is 3.07. The van der Waals surface area contributed by atoms with Crippen molar-refractivity contribution in [2.24, 2.45) is 5.73 Å². The number of hydrogen-bond acceptors (Lipinski definition) is 3. The molecular formula is C13H12BrN3O. The minimum atomic E-state index is -0.0509. The summed E-state index contributed by atoms with van der Waals surface area (Å²) in [7, 11) is 0. The quantitative estimate of drug-likeness (QED) is 0.674. The summed E-state index contributed by atoms with van der Waals surface area (Å²) < 4.78 is 6.63. The normalized spacial score (nSPS) is 10.1. The van der Waals surface area contributed by atoms with Gasteiger partial charge >= 0.3 is 0 Å². The molecule has 0 saturated heterocycles. The predicted octanol–water partition coefficient (Wildman–Crippen LogP) is 2.71. The summed E-state index contributed by atoms with van der Waals surface area (Å²) in [6, 6.07) is 11.2. The van der Waals surface area contributed by atoms with E-state index in [0.29, 0.717) is 12.3 Å². The van der Waals surface area contributed by atoms with Crippen LogP contribution in [0.1, 0.15) is 11.3 Å². The molecule has 0 saturated carbocycles. The Morgan fingerprint density at radius 1 is 1.28 bits per heavy atom. The molecule has 0 bridgehead atoms. The Balaban J connectivity index is 2.10. The van der Waals surface area contributed by atoms with Crippen molar-refractivity contribution in [1.29, 1.82) is 5.41 Å². The summed E-state index contributed by atoms with van der Waals surface area (Å²) in [5, 5.41) is 7.44. The average Bonchev–Trinajstić information content (AvgIpc) is 2.38. The van der Waals surface area contributed by atoms with E-state index in [1.54, 1.807) is 12.3 Å². The zero-order valence-electron chi connectivity index (χ0n) is 9.56. The van der Waals surface area contributed by atoms with Gasteiger partial charge in [-0.05, 0) is 30.3 Å². The second-order valence-corrected chi connectivity index (χ2v) is 4.58. The third-order valence-electron chi connectivity index (χ3n) is 2.35. The Bertz CT molecular complexity index is 554. The van der Waals surface area contributed by atoms with Crippen LogP contribution in [0, 0.1) is 5.41 Å². The van der Waals surface area contributed by atoms with Gasteiger partial charge in [0.2, 0.25) is 0 Å². The number of benzene rings is 1. The molecule has 2 aromatic rings. The average molecular weight is 306 g/mol. The van der Waals surface area contributed by atoms with E-state index in [2.05, 4.69) is 20.9 Å². The highest BCUT2D eigenvalue weighted by atomic mass is 79.9. The molecule has 0 radical (unpaired) electrons. The second-order valence-electron chi connectivity index (χ2n) is 3.67. The number of hydrogen-bond donors (Lipinski definition) is 2. The van der Waals surface area contributed by atoms with E-state index in [1.807, 2.05) is 30.3 Å². The lowest BCUT2D eigenvalue weighted by molar-refractivity contribution is 0.305. The Hall–Kier alpha value is -1.88. The van der Waals surface area contributed by atoms with Crippen LogP contribution in [0.5, 0.6) is 5.75 Å². The van der Waals surface area contributed by atoms with Gasteiger partial charge in [-0.3, -0.25) is 10.4 Å². The first kappa shape index (κ1) is 12.6. The molecule has 0 fully saturated rings. The van der Waals surface area contributed by atoms with Gasteiger partial charge in [-0.15, -0.1) is 0 Å². The summed E-state index contributed by atoms with van der Waals surface area (Å²) in [5.74, 6) is 0.710. The topological polar surface area (TPSA) is 72.0 Å². The van der Waals surface area contributed by atoms with E-state index in [0.717, 1.165) is 15.8 Å². The maximum atomic E-state index is 7.44. The van der Waals surface area contributed by atoms with Crippen LogP contribution < -0.4 is 10.5 Å². The molecule has 0 spiro atoms. The minimum absolute atomic E-state index is 0.0509. The number of amidine groups is 1. The summed E-state index contributed by atoms with van der Waals surface area (Å²) >= 11 is 3.36. The highest BCUT2D eigenvalue weighted by Gasteiger charge is 2.06. The van der Waals surface area contributed by atoms with Gasteiger partial charge in [0.15, 0.2) is 0 Å². The first-order chi connectivity index (χ1) is 8.66. The molecule has 92 valence electrons. The Morgan fingerprint density at radius 3 is 2.67 bits per heavy atom. The van der Waals surface area contributed by atoms with Gasteiger partial charge in [-0.2, -0.15) is 0 Å². The van der Waals surface area contributed by atoms with Gasteiger partial charge in [0, 0.05) is 16.2 Å². The van der Waals surface area contributed by atoms with Crippen LogP contribution in [-0.4, -0.2) is 10.8 Å². The Morgan fingerprint density at radius 2 is 2.00 bits per heavy atom. The number of pyridine rings is 1. The second kappa shape index (κ2) is 5.64. The fourth-order valence-electron chi connectivity index (χ4n) is 1.49. The smallest absolute Gasteiger partial charge is 0.142 e. The van der Waals surface area contributed by atoms with Gasteiger partial charge in [0.25, 0.3) is 0 Å². The van der Waals surface area contributed by atoms with Crippen molar-refractivity contribution in [3.63, 3.8) is 0 Å². The lowest BCUT2D eigenvalue weighted by atomic mass is 10.2. The molecule has 2 rings (SSSR count). The van der Waals surface area contributed by atoms with Crippen molar-refractivity contribution in [1.82, 2.24) is 4.98 Å². The van der Waals surface area contributed by atoms with Crippen molar-refractivity contribution >= 4 is 21.8 Å². The van der Waals surface area contributed by atoms with E-state index in [1.165, 1.54) is 0 Å². The molecule has 1 aromatic carbocycles. The monoisotopic (exact) mass is 305 g/mol. The van der Waals surface area contributed by atoms with E-state index < -0.39 is 0 Å². The molecular weight excluding hydrogens is 294 g/mol. The van der Waals surface area contributed by atoms with Crippen molar-refractivity contribution in [3.05, 3.63) is 58.3 Å². The molecule has 0 aliphatic rings. The Labute approximate surface area is 113 Å². The van der Waals surface area contributed by atoms with Gasteiger partial charge in [0.1, 0.15) is 23.9 Å². The maximum absolute atomic E-state index is 7.44. The van der Waals surface area contributed by atoms with Crippen molar-refractivity contribution in [2.75, 3.05) is 0 Å². The highest BCUT2D eigenvalue weighted by molar-refractivity contribution is 9.10. The lowest BCUT2D eigenvalue weighted by Gasteiger charge is -2.09. The number of nitrogens with one attached hydrogen (secondary N) is 1. The molecule has 0 aliphatic carbocycles. The molecule has 0 atom stereocenters. The van der Waals surface area contributed by atoms with Crippen LogP contribution in [0.15, 0.2) is 47.1 Å². The zero-order chi connectivity index (χ0) is 13.0. The molecule has 0 unspecified atom stereocenters. The summed E-state index contributed by atoms with van der Waals surface area (Å²) in [6.45, 7) is 0.338. The number of aromatic nitrogens is 1. The predicted molar refractivity (Wildman–Crippen MR) is 73.7 cm³/mol. The van der Waals surface area contributed by atoms with Crippen molar-refractivity contribution in [3.8, 4) is 5.75 Å². The minimum Gasteiger partial charge on any atom is -0.489 e. The zero-order valence-corrected chi connectivity index (χ0v) is 11.1. The maximum Gasteiger partial charge on any atom is 0.142 e. The van der Waals surface area contributed by atoms with Crippen LogP contribution in [-0.2, 0) is 6.61 Å². The molecule has 4 nitrogen and oxygen atoms in total. The molecule has 3 N–H and O–H groups in total. The van der Waals surface area contributed by atoms with Crippen molar-refractivity contribution in [2.45, 2.75) is 6.61 Å². The lowest BCUT2D eigenvalue weighted by Crippen LogP contribution is -2.16. The largest absolute Gasteiger partial charge is 0.489 e. The number of halogens is 1. The summed E-state index contributed by atoms with van der Waals surface area (Å²) in [5.41, 5.74) is 6.73. The van der Waals surface area contributed by atoms with E-state index in [9.17, 15) is 0 Å². The molecule has 1 aromatic heterocycles. The van der Waals surface area contributed by atoms with Crippen LogP contribution in [0.25, 0.3) is 0 Å². The van der Waals surface area contributed by atoms with Crippen LogP contribution >= 0.6 is 15.9 Å². The molecule has 1 heterocycles. The van der Waals surface area contributed by atoms with E-state index >= 15 is 0 Å². The highest BCUT2D eigenvalue weighted by Crippen LogP contribution is 2.17. The summed E-state index contributed by atoms with van der Waals surface area (Å²) in [4.78, 5) is 4.07. The Kier molecular flexibility index (Phi) is 3.94. The van der Waals surface area contributed by atoms with E-state index in [4.69, 9.17) is 15.9 Å². The number of nitrogens with zero attached hydrogens (tertiary/aromatic N) is 1. The molecule has 5 heteroatoms. The van der Waals surface area contributed by atoms with Crippen LogP contribution in [0.3, 0.4) is 0 Å². The molecule has 0 amide bonds. The van der Waals surface area contributed by atoms with Gasteiger partial charge in [-0.25, -0.2) is 0 Å². The first-order valence-corrected chi connectivity index (χ1v) is 6.13. The fraction of sp³-hybridized carbons (Fsp3) is 0.0769. The van der Waals surface area contributed by atoms with Crippen LogP contribution in [0.4, 0.5) is 0 Å². The first-order valence-electron chi connectivity index (χ1n) is 5.33. The van der Waals surface area contributed by atoms with Gasteiger partial charge in [-0.1, -0.05) is 22.0 Å². The SMILES string of the molecule is N=C(N)c1ncccc1COc1ccc(Br)cc1. The number of nitrogen functional groups attached to an aromatic ring is 1. The van der Waals surface area contributed by atoms with E-state index in [-0.39, 0.29) is 5.84 Å². The van der Waals surface area contributed by atoms with Gasteiger partial charge < -0.3 is 10.5 Å². The standard InChI is InChI=1S/C13H12BrN3O/c14-10-3-5-11(6-4-10)18-8-9-2-1-7-17-12(9)13(15)16/h1-7H,8H2,(H3,15,16). The third-order valence-corrected chi connectivity index (χ3v) is 2.88. The summed E-state index contributed by atoms with van der Waals surface area (Å²) in [6.07, 6.45) is 1.61. The fourth-order valence-corrected chi connectivity index (χ4v) is 1.75. The number of rotatable bonds is 4. The van der Waals surface area contributed by atoms with Crippen molar-refractivity contribution < 1.29 is 4.74 Å².